The molecule has 3 rings (SSSR count). The molecule has 0 fully saturated rings. The van der Waals surface area contributed by atoms with Crippen LogP contribution in [0.5, 0.6) is 11.5 Å². The van der Waals surface area contributed by atoms with Crippen LogP contribution in [-0.2, 0) is 0 Å². The average molecular weight is 525 g/mol. The van der Waals surface area contributed by atoms with E-state index in [1.165, 1.54) is 25.7 Å². The Labute approximate surface area is 227 Å². The van der Waals surface area contributed by atoms with Crippen molar-refractivity contribution in [3.63, 3.8) is 0 Å². The van der Waals surface area contributed by atoms with Crippen molar-refractivity contribution in [1.29, 1.82) is 0 Å². The number of hydrogen-bond acceptors (Lipinski definition) is 5. The third-order valence-corrected chi connectivity index (χ3v) is 7.66. The van der Waals surface area contributed by atoms with Crippen molar-refractivity contribution >= 4 is 22.5 Å². The molecule has 0 aromatic heterocycles. The highest BCUT2D eigenvalue weighted by Crippen LogP contribution is 2.41. The highest BCUT2D eigenvalue weighted by atomic mass is 32.2. The van der Waals surface area contributed by atoms with E-state index >= 15 is 0 Å². The molecule has 0 saturated heterocycles. The first-order chi connectivity index (χ1) is 18.1. The lowest BCUT2D eigenvalue weighted by atomic mass is 10.1. The zero-order valence-electron chi connectivity index (χ0n) is 22.5. The van der Waals surface area contributed by atoms with Gasteiger partial charge in [0.25, 0.3) is 0 Å². The Bertz CT molecular complexity index is 1040. The molecule has 0 saturated carbocycles. The lowest BCUT2D eigenvalue weighted by Crippen LogP contribution is -2.17. The fraction of sp³-hybridized carbons (Fsp3) is 0.500. The molecule has 0 radical (unpaired) electrons. The molecular formula is C32H44O4S. The number of rotatable bonds is 18. The van der Waals surface area contributed by atoms with Crippen molar-refractivity contribution in [3.8, 4) is 11.5 Å². The van der Waals surface area contributed by atoms with Crippen LogP contribution in [0.25, 0.3) is 10.8 Å². The van der Waals surface area contributed by atoms with Gasteiger partial charge in [0.05, 0.1) is 17.1 Å². The van der Waals surface area contributed by atoms with Crippen molar-refractivity contribution < 1.29 is 19.7 Å². The minimum absolute atomic E-state index is 0.289. The Morgan fingerprint density at radius 2 is 1.35 bits per heavy atom. The van der Waals surface area contributed by atoms with Crippen molar-refractivity contribution in [2.75, 3.05) is 13.2 Å². The lowest BCUT2D eigenvalue weighted by molar-refractivity contribution is 0.0962. The molecule has 3 aromatic rings. The topological polar surface area (TPSA) is 58.9 Å². The van der Waals surface area contributed by atoms with Crippen LogP contribution in [0.2, 0.25) is 0 Å². The van der Waals surface area contributed by atoms with Gasteiger partial charge in [-0.1, -0.05) is 101 Å². The molecule has 2 atom stereocenters. The van der Waals surface area contributed by atoms with Crippen LogP contribution in [0.4, 0.5) is 0 Å². The molecule has 0 spiro atoms. The fourth-order valence-corrected chi connectivity index (χ4v) is 5.39. The lowest BCUT2D eigenvalue weighted by Gasteiger charge is -2.17. The van der Waals surface area contributed by atoms with Gasteiger partial charge in [0.2, 0.25) is 0 Å². The number of unbranched alkanes of at least 4 members (excludes halogenated alkanes) is 6. The van der Waals surface area contributed by atoms with Crippen molar-refractivity contribution in [1.82, 2.24) is 0 Å². The van der Waals surface area contributed by atoms with Crippen molar-refractivity contribution in [3.05, 3.63) is 60.7 Å². The number of fused-ring (bicyclic) bond motifs is 1. The second-order valence-electron chi connectivity index (χ2n) is 9.82. The molecule has 3 aromatic carbocycles. The van der Waals surface area contributed by atoms with Gasteiger partial charge in [-0.25, -0.2) is 0 Å². The van der Waals surface area contributed by atoms with E-state index < -0.39 is 12.2 Å². The number of hydrogen-bond donors (Lipinski definition) is 2. The molecule has 2 N–H and O–H groups in total. The van der Waals surface area contributed by atoms with Gasteiger partial charge in [-0.15, -0.1) is 0 Å². The minimum atomic E-state index is -0.466. The molecule has 0 bridgehead atoms. The van der Waals surface area contributed by atoms with Gasteiger partial charge < -0.3 is 19.7 Å². The minimum Gasteiger partial charge on any atom is -0.491 e. The van der Waals surface area contributed by atoms with Crippen molar-refractivity contribution in [2.45, 2.75) is 100 Å². The molecule has 37 heavy (non-hydrogen) atoms. The van der Waals surface area contributed by atoms with E-state index in [1.54, 1.807) is 11.8 Å². The van der Waals surface area contributed by atoms with Crippen LogP contribution in [0, 0.1) is 0 Å². The van der Waals surface area contributed by atoms with Gasteiger partial charge in [-0.3, -0.25) is 0 Å². The van der Waals surface area contributed by atoms with E-state index in [0.717, 1.165) is 70.6 Å². The molecule has 0 aliphatic heterocycles. The van der Waals surface area contributed by atoms with Crippen LogP contribution in [0.15, 0.2) is 70.5 Å². The van der Waals surface area contributed by atoms with Gasteiger partial charge in [0.15, 0.2) is 0 Å². The molecule has 202 valence electrons. The zero-order valence-corrected chi connectivity index (χ0v) is 23.3. The molecule has 0 amide bonds. The van der Waals surface area contributed by atoms with Gasteiger partial charge in [0.1, 0.15) is 24.7 Å². The molecule has 0 aliphatic carbocycles. The molecule has 2 unspecified atom stereocenters. The molecule has 4 nitrogen and oxygen atoms in total. The van der Waals surface area contributed by atoms with E-state index in [0.29, 0.717) is 6.61 Å². The summed E-state index contributed by atoms with van der Waals surface area (Å²) in [6.45, 7) is 4.98. The summed E-state index contributed by atoms with van der Waals surface area (Å²) >= 11 is 1.67. The van der Waals surface area contributed by atoms with Crippen molar-refractivity contribution in [2.24, 2.45) is 0 Å². The predicted molar refractivity (Wildman–Crippen MR) is 155 cm³/mol. The summed E-state index contributed by atoms with van der Waals surface area (Å²) in [7, 11) is 0. The number of benzene rings is 3. The Morgan fingerprint density at radius 3 is 2.00 bits per heavy atom. The summed E-state index contributed by atoms with van der Waals surface area (Å²) in [4.78, 5) is 2.16. The molecule has 0 heterocycles. The summed E-state index contributed by atoms with van der Waals surface area (Å²) < 4.78 is 12.1. The Balaban J connectivity index is 1.70. The van der Waals surface area contributed by atoms with Crippen LogP contribution in [-0.4, -0.2) is 35.6 Å². The van der Waals surface area contributed by atoms with E-state index in [-0.39, 0.29) is 6.61 Å². The third-order valence-electron chi connectivity index (χ3n) is 6.52. The maximum atomic E-state index is 10.5. The first-order valence-corrected chi connectivity index (χ1v) is 14.8. The summed E-state index contributed by atoms with van der Waals surface area (Å²) in [6.07, 6.45) is 9.81. The van der Waals surface area contributed by atoms with E-state index in [2.05, 4.69) is 32.0 Å². The quantitative estimate of drug-likeness (QED) is 0.164. The second kappa shape index (κ2) is 16.6. The van der Waals surface area contributed by atoms with E-state index in [9.17, 15) is 10.2 Å². The summed E-state index contributed by atoms with van der Waals surface area (Å²) in [5, 5.41) is 22.9. The van der Waals surface area contributed by atoms with Gasteiger partial charge in [0, 0.05) is 4.90 Å². The Hall–Kier alpha value is -2.21. The van der Waals surface area contributed by atoms with Gasteiger partial charge >= 0.3 is 0 Å². The third kappa shape index (κ3) is 10.2. The largest absolute Gasteiger partial charge is 0.491 e. The normalized spacial score (nSPS) is 13.0. The summed E-state index contributed by atoms with van der Waals surface area (Å²) in [5.74, 6) is 1.54. The average Bonchev–Trinajstić information content (AvgIpc) is 2.92. The van der Waals surface area contributed by atoms with Gasteiger partial charge in [-0.2, -0.15) is 0 Å². The summed E-state index contributed by atoms with van der Waals surface area (Å²) in [5.41, 5.74) is 0. The highest BCUT2D eigenvalue weighted by Gasteiger charge is 2.14. The standard InChI is InChI=1S/C32H44O4S/c1-3-5-7-10-14-26(33)23-35-28-19-20-30-25(22-28)18-21-31(32(30)37-29-16-12-9-13-17-29)36-24-27(34)15-11-8-6-4-2/h9,12-13,16-22,26-27,33-34H,3-8,10-11,14-15,23-24H2,1-2H3. The highest BCUT2D eigenvalue weighted by molar-refractivity contribution is 7.99. The van der Waals surface area contributed by atoms with Crippen LogP contribution >= 0.6 is 11.8 Å². The monoisotopic (exact) mass is 524 g/mol. The van der Waals surface area contributed by atoms with E-state index in [4.69, 9.17) is 9.47 Å². The molecule has 5 heteroatoms. The maximum Gasteiger partial charge on any atom is 0.134 e. The first-order valence-electron chi connectivity index (χ1n) is 14.0. The van der Waals surface area contributed by atoms with Crippen LogP contribution < -0.4 is 9.47 Å². The number of ether oxygens (including phenoxy) is 2. The fourth-order valence-electron chi connectivity index (χ4n) is 4.33. The second-order valence-corrected chi connectivity index (χ2v) is 10.9. The smallest absolute Gasteiger partial charge is 0.134 e. The number of aliphatic hydroxyl groups excluding tert-OH is 2. The summed E-state index contributed by atoms with van der Waals surface area (Å²) in [6, 6.07) is 20.4. The number of aliphatic hydroxyl groups is 2. The van der Waals surface area contributed by atoms with Crippen LogP contribution in [0.3, 0.4) is 0 Å². The SMILES string of the molecule is CCCCCCC(O)COc1ccc2c(Sc3ccccc3)c(OCC(O)CCCCCC)ccc2c1. The van der Waals surface area contributed by atoms with E-state index in [1.807, 2.05) is 42.5 Å². The van der Waals surface area contributed by atoms with Crippen LogP contribution in [0.1, 0.15) is 78.1 Å². The Morgan fingerprint density at radius 1 is 0.703 bits per heavy atom. The molecule has 0 aliphatic rings. The predicted octanol–water partition coefficient (Wildman–Crippen LogP) is 8.41. The van der Waals surface area contributed by atoms with Gasteiger partial charge in [-0.05, 0) is 60.0 Å². The first kappa shape index (κ1) is 29.3. The molecular weight excluding hydrogens is 480 g/mol. The Kier molecular flexibility index (Phi) is 13.2. The maximum absolute atomic E-state index is 10.5. The zero-order chi connectivity index (χ0) is 26.3.